The van der Waals surface area contributed by atoms with Gasteiger partial charge in [0.05, 0.1) is 11.0 Å². The first-order valence-corrected chi connectivity index (χ1v) is 8.65. The molecule has 1 unspecified atom stereocenters. The van der Waals surface area contributed by atoms with Gasteiger partial charge in [-0.05, 0) is 29.5 Å². The summed E-state index contributed by atoms with van der Waals surface area (Å²) in [6, 6.07) is 17.7. The van der Waals surface area contributed by atoms with Crippen LogP contribution in [-0.4, -0.2) is 15.2 Å². The molecule has 3 aromatic rings. The standard InChI is InChI=1S/C19H19NO3S/c21-16(11-8-13-4-2-1-3-5-13)15-9-6-14(7-10-15)12-17-18(22)20-19(23)24-17/h1-7,9-10,16,21-22H,8,11-12H2,(H,20,23). The molecule has 1 aromatic heterocycles. The van der Waals surface area contributed by atoms with Crippen molar-refractivity contribution in [3.05, 3.63) is 85.8 Å². The second-order valence-corrected chi connectivity index (χ2v) is 6.81. The largest absolute Gasteiger partial charge is 0.494 e. The Labute approximate surface area is 144 Å². The minimum absolute atomic E-state index is 0.0584. The summed E-state index contributed by atoms with van der Waals surface area (Å²) < 4.78 is 0. The third-order valence-corrected chi connectivity index (χ3v) is 4.85. The summed E-state index contributed by atoms with van der Waals surface area (Å²) in [6.45, 7) is 0. The van der Waals surface area contributed by atoms with E-state index in [1.54, 1.807) is 0 Å². The molecule has 4 nitrogen and oxygen atoms in total. The van der Waals surface area contributed by atoms with Crippen LogP contribution in [0.1, 0.15) is 34.1 Å². The highest BCUT2D eigenvalue weighted by molar-refractivity contribution is 7.09. The first kappa shape index (κ1) is 16.5. The highest BCUT2D eigenvalue weighted by atomic mass is 32.1. The second-order valence-electron chi connectivity index (χ2n) is 5.74. The summed E-state index contributed by atoms with van der Waals surface area (Å²) in [4.78, 5) is 13.9. The lowest BCUT2D eigenvalue weighted by molar-refractivity contribution is 0.168. The van der Waals surface area contributed by atoms with Gasteiger partial charge >= 0.3 is 4.87 Å². The van der Waals surface area contributed by atoms with Crippen LogP contribution < -0.4 is 4.87 Å². The van der Waals surface area contributed by atoms with Crippen LogP contribution in [-0.2, 0) is 12.8 Å². The van der Waals surface area contributed by atoms with Crippen LogP contribution in [0.15, 0.2) is 59.4 Å². The van der Waals surface area contributed by atoms with E-state index in [1.807, 2.05) is 42.5 Å². The number of nitrogens with one attached hydrogen (secondary N) is 1. The monoisotopic (exact) mass is 341 g/mol. The van der Waals surface area contributed by atoms with Gasteiger partial charge in [-0.15, -0.1) is 0 Å². The molecule has 0 aliphatic carbocycles. The van der Waals surface area contributed by atoms with Gasteiger partial charge in [0.2, 0.25) is 5.88 Å². The zero-order valence-electron chi connectivity index (χ0n) is 13.1. The van der Waals surface area contributed by atoms with E-state index in [4.69, 9.17) is 0 Å². The van der Waals surface area contributed by atoms with Crippen LogP contribution >= 0.6 is 11.3 Å². The van der Waals surface area contributed by atoms with Gasteiger partial charge in [-0.25, -0.2) is 0 Å². The number of aliphatic hydroxyl groups is 1. The van der Waals surface area contributed by atoms with Crippen LogP contribution in [0.3, 0.4) is 0 Å². The number of hydrogen-bond donors (Lipinski definition) is 3. The number of aromatic amines is 1. The zero-order valence-corrected chi connectivity index (χ0v) is 13.9. The first-order valence-electron chi connectivity index (χ1n) is 7.83. The Morgan fingerprint density at radius 2 is 1.71 bits per heavy atom. The topological polar surface area (TPSA) is 73.3 Å². The number of aromatic hydroxyl groups is 1. The van der Waals surface area contributed by atoms with E-state index < -0.39 is 6.10 Å². The van der Waals surface area contributed by atoms with Gasteiger partial charge in [-0.3, -0.25) is 9.78 Å². The lowest BCUT2D eigenvalue weighted by Crippen LogP contribution is -2.00. The fourth-order valence-electron chi connectivity index (χ4n) is 2.63. The Morgan fingerprint density at radius 1 is 1.00 bits per heavy atom. The number of benzene rings is 2. The fourth-order valence-corrected chi connectivity index (χ4v) is 3.39. The molecule has 0 radical (unpaired) electrons. The molecular formula is C19H19NO3S. The molecule has 0 fully saturated rings. The maximum absolute atomic E-state index is 11.2. The number of hydrogen-bond acceptors (Lipinski definition) is 4. The Balaban J connectivity index is 1.61. The van der Waals surface area contributed by atoms with Crippen molar-refractivity contribution < 1.29 is 10.2 Å². The molecule has 124 valence electrons. The second kappa shape index (κ2) is 7.47. The molecule has 3 rings (SSSR count). The van der Waals surface area contributed by atoms with Gasteiger partial charge in [-0.1, -0.05) is 65.9 Å². The van der Waals surface area contributed by atoms with Crippen molar-refractivity contribution in [2.75, 3.05) is 0 Å². The number of aromatic nitrogens is 1. The number of rotatable bonds is 6. The van der Waals surface area contributed by atoms with Gasteiger partial charge in [-0.2, -0.15) is 0 Å². The van der Waals surface area contributed by atoms with Gasteiger partial charge in [0.1, 0.15) is 0 Å². The minimum atomic E-state index is -0.504. The van der Waals surface area contributed by atoms with Crippen molar-refractivity contribution in [3.8, 4) is 5.88 Å². The van der Waals surface area contributed by atoms with E-state index in [2.05, 4.69) is 17.1 Å². The van der Waals surface area contributed by atoms with Crippen LogP contribution in [0.2, 0.25) is 0 Å². The summed E-state index contributed by atoms with van der Waals surface area (Å²) in [5.41, 5.74) is 3.08. The van der Waals surface area contributed by atoms with Gasteiger partial charge in [0, 0.05) is 6.42 Å². The minimum Gasteiger partial charge on any atom is -0.494 e. The summed E-state index contributed by atoms with van der Waals surface area (Å²) in [5.74, 6) is -0.0584. The average Bonchev–Trinajstić information content (AvgIpc) is 2.91. The normalized spacial score (nSPS) is 12.2. The lowest BCUT2D eigenvalue weighted by atomic mass is 9.99. The van der Waals surface area contributed by atoms with Crippen LogP contribution in [0.25, 0.3) is 0 Å². The van der Waals surface area contributed by atoms with E-state index in [9.17, 15) is 15.0 Å². The highest BCUT2D eigenvalue weighted by Crippen LogP contribution is 2.23. The van der Waals surface area contributed by atoms with Crippen molar-refractivity contribution >= 4 is 11.3 Å². The van der Waals surface area contributed by atoms with E-state index >= 15 is 0 Å². The Hall–Kier alpha value is -2.37. The van der Waals surface area contributed by atoms with E-state index in [0.29, 0.717) is 17.7 Å². The first-order chi connectivity index (χ1) is 11.6. The third kappa shape index (κ3) is 4.13. The summed E-state index contributed by atoms with van der Waals surface area (Å²) >= 11 is 1.01. The Bertz CT molecular complexity index is 837. The summed E-state index contributed by atoms with van der Waals surface area (Å²) in [5, 5.41) is 20.0. The molecule has 0 bridgehead atoms. The molecule has 24 heavy (non-hydrogen) atoms. The van der Waals surface area contributed by atoms with Crippen LogP contribution in [0.4, 0.5) is 0 Å². The molecule has 0 saturated carbocycles. The predicted molar refractivity (Wildman–Crippen MR) is 95.6 cm³/mol. The van der Waals surface area contributed by atoms with Crippen molar-refractivity contribution in [1.82, 2.24) is 4.98 Å². The zero-order chi connectivity index (χ0) is 16.9. The third-order valence-electron chi connectivity index (χ3n) is 3.98. The molecule has 1 heterocycles. The molecule has 3 N–H and O–H groups in total. The molecular weight excluding hydrogens is 322 g/mol. The van der Waals surface area contributed by atoms with Crippen molar-refractivity contribution in [1.29, 1.82) is 0 Å². The highest BCUT2D eigenvalue weighted by Gasteiger charge is 2.10. The molecule has 2 aromatic carbocycles. The quantitative estimate of drug-likeness (QED) is 0.643. The maximum atomic E-state index is 11.2. The van der Waals surface area contributed by atoms with Crippen molar-refractivity contribution in [3.63, 3.8) is 0 Å². The molecule has 0 amide bonds. The van der Waals surface area contributed by atoms with E-state index in [1.165, 1.54) is 5.56 Å². The van der Waals surface area contributed by atoms with Crippen LogP contribution in [0.5, 0.6) is 5.88 Å². The average molecular weight is 341 g/mol. The number of aryl methyl sites for hydroxylation is 1. The molecule has 0 aliphatic rings. The van der Waals surface area contributed by atoms with Crippen LogP contribution in [0, 0.1) is 0 Å². The fraction of sp³-hybridized carbons (Fsp3) is 0.211. The Kier molecular flexibility index (Phi) is 5.13. The van der Waals surface area contributed by atoms with Crippen molar-refractivity contribution in [2.24, 2.45) is 0 Å². The SMILES string of the molecule is O=c1[nH]c(O)c(Cc2ccc(C(O)CCc3ccccc3)cc2)s1. The number of thiazole rings is 1. The predicted octanol–water partition coefficient (Wildman–Crippen LogP) is 3.40. The molecule has 0 aliphatic heterocycles. The van der Waals surface area contributed by atoms with Gasteiger partial charge < -0.3 is 10.2 Å². The molecule has 5 heteroatoms. The lowest BCUT2D eigenvalue weighted by Gasteiger charge is -2.11. The van der Waals surface area contributed by atoms with Crippen molar-refractivity contribution in [2.45, 2.75) is 25.4 Å². The summed E-state index contributed by atoms with van der Waals surface area (Å²) in [7, 11) is 0. The smallest absolute Gasteiger partial charge is 0.307 e. The number of H-pyrrole nitrogens is 1. The molecule has 0 saturated heterocycles. The summed E-state index contributed by atoms with van der Waals surface area (Å²) in [6.07, 6.45) is 1.49. The van der Waals surface area contributed by atoms with Gasteiger partial charge in [0.25, 0.3) is 0 Å². The van der Waals surface area contributed by atoms with E-state index in [0.717, 1.165) is 28.9 Å². The van der Waals surface area contributed by atoms with Gasteiger partial charge in [0.15, 0.2) is 0 Å². The molecule has 1 atom stereocenters. The van der Waals surface area contributed by atoms with E-state index in [-0.39, 0.29) is 10.8 Å². The Morgan fingerprint density at radius 3 is 2.33 bits per heavy atom. The maximum Gasteiger partial charge on any atom is 0.307 e. The number of aliphatic hydroxyl groups excluding tert-OH is 1. The molecule has 0 spiro atoms.